The van der Waals surface area contributed by atoms with Crippen molar-refractivity contribution in [1.82, 2.24) is 0 Å². The fraction of sp³-hybridized carbons (Fsp3) is 0.136. The van der Waals surface area contributed by atoms with E-state index in [0.717, 1.165) is 12.1 Å². The molecule has 0 heterocycles. The zero-order valence-electron chi connectivity index (χ0n) is 16.8. The normalized spacial score (nSPS) is 11.6. The predicted octanol–water partition coefficient (Wildman–Crippen LogP) is 4.77. The van der Waals surface area contributed by atoms with E-state index < -0.39 is 38.7 Å². The molecule has 0 aliphatic carbocycles. The molecule has 0 fully saturated rings. The number of carbonyl (C=O) groups is 1. The Hall–Kier alpha value is -3.73. The van der Waals surface area contributed by atoms with Crippen LogP contribution in [0.25, 0.3) is 0 Å². The lowest BCUT2D eigenvalue weighted by molar-refractivity contribution is -0.0500. The fourth-order valence-electron chi connectivity index (χ4n) is 2.68. The number of aromatic carboxylic acids is 1. The molecule has 0 aliphatic heterocycles. The minimum absolute atomic E-state index is 0.0309. The molecular formula is C22H17F3O7S. The summed E-state index contributed by atoms with van der Waals surface area (Å²) >= 11 is 0. The van der Waals surface area contributed by atoms with Gasteiger partial charge >= 0.3 is 21.6 Å². The number of hydrogen-bond donors (Lipinski definition) is 1. The van der Waals surface area contributed by atoms with E-state index in [9.17, 15) is 31.5 Å². The highest BCUT2D eigenvalue weighted by atomic mass is 32.2. The van der Waals surface area contributed by atoms with Crippen LogP contribution in [0.4, 0.5) is 13.2 Å². The fourth-order valence-corrected chi connectivity index (χ4v) is 3.14. The Balaban J connectivity index is 2.01. The van der Waals surface area contributed by atoms with Crippen molar-refractivity contribution in [2.75, 3.05) is 0 Å². The van der Waals surface area contributed by atoms with Crippen molar-refractivity contribution in [3.8, 4) is 17.2 Å². The summed E-state index contributed by atoms with van der Waals surface area (Å²) in [6, 6.07) is 19.1. The SMILES string of the molecule is O=C(O)c1c(OCc2ccccc2)cc(OCc2ccccc2)cc1OS(=O)(=O)C(F)(F)F. The molecule has 0 saturated heterocycles. The molecule has 11 heteroatoms. The van der Waals surface area contributed by atoms with Gasteiger partial charge in [-0.05, 0) is 11.1 Å². The van der Waals surface area contributed by atoms with E-state index in [4.69, 9.17) is 9.47 Å². The van der Waals surface area contributed by atoms with E-state index in [0.29, 0.717) is 11.1 Å². The van der Waals surface area contributed by atoms with Crippen LogP contribution in [0.15, 0.2) is 72.8 Å². The van der Waals surface area contributed by atoms with Crippen LogP contribution in [0.1, 0.15) is 21.5 Å². The molecule has 0 atom stereocenters. The first kappa shape index (κ1) is 23.9. The van der Waals surface area contributed by atoms with Crippen LogP contribution in [0.5, 0.6) is 17.2 Å². The Kier molecular flexibility index (Phi) is 7.12. The van der Waals surface area contributed by atoms with Crippen LogP contribution in [0.3, 0.4) is 0 Å². The van der Waals surface area contributed by atoms with Crippen molar-refractivity contribution in [1.29, 1.82) is 0 Å². The smallest absolute Gasteiger partial charge is 0.489 e. The number of ether oxygens (including phenoxy) is 2. The minimum Gasteiger partial charge on any atom is -0.489 e. The molecular weight excluding hydrogens is 465 g/mol. The maximum atomic E-state index is 12.9. The van der Waals surface area contributed by atoms with E-state index in [1.807, 2.05) is 0 Å². The van der Waals surface area contributed by atoms with E-state index in [-0.39, 0.29) is 19.0 Å². The summed E-state index contributed by atoms with van der Waals surface area (Å²) in [5.74, 6) is -3.42. The summed E-state index contributed by atoms with van der Waals surface area (Å²) in [6.45, 7) is -0.175. The highest BCUT2D eigenvalue weighted by molar-refractivity contribution is 7.88. The molecule has 0 unspecified atom stereocenters. The summed E-state index contributed by atoms with van der Waals surface area (Å²) in [4.78, 5) is 11.8. The molecule has 33 heavy (non-hydrogen) atoms. The Labute approximate surface area is 187 Å². The van der Waals surface area contributed by atoms with Gasteiger partial charge in [0.1, 0.15) is 30.3 Å². The lowest BCUT2D eigenvalue weighted by Gasteiger charge is -2.17. The molecule has 174 valence electrons. The molecule has 0 aromatic heterocycles. The van der Waals surface area contributed by atoms with E-state index in [1.54, 1.807) is 60.7 Å². The Bertz CT molecular complexity index is 1210. The molecule has 7 nitrogen and oxygen atoms in total. The van der Waals surface area contributed by atoms with Crippen LogP contribution in [-0.4, -0.2) is 25.0 Å². The second-order valence-corrected chi connectivity index (χ2v) is 8.17. The lowest BCUT2D eigenvalue weighted by atomic mass is 10.1. The molecule has 0 saturated carbocycles. The van der Waals surface area contributed by atoms with Crippen LogP contribution in [-0.2, 0) is 23.3 Å². The van der Waals surface area contributed by atoms with Crippen molar-refractivity contribution >= 4 is 16.1 Å². The molecule has 3 aromatic rings. The first-order valence-electron chi connectivity index (χ1n) is 9.32. The molecule has 3 rings (SSSR count). The number of carboxylic acid groups (broad SMARTS) is 1. The van der Waals surface area contributed by atoms with Gasteiger partial charge < -0.3 is 18.8 Å². The van der Waals surface area contributed by atoms with E-state index >= 15 is 0 Å². The zero-order valence-corrected chi connectivity index (χ0v) is 17.6. The number of benzene rings is 3. The average Bonchev–Trinajstić information content (AvgIpc) is 2.76. The van der Waals surface area contributed by atoms with Crippen molar-refractivity contribution in [3.05, 3.63) is 89.5 Å². The summed E-state index contributed by atoms with van der Waals surface area (Å²) < 4.78 is 76.9. The molecule has 0 radical (unpaired) electrons. The van der Waals surface area contributed by atoms with Gasteiger partial charge in [0.25, 0.3) is 0 Å². The molecule has 0 amide bonds. The quantitative estimate of drug-likeness (QED) is 0.346. The maximum Gasteiger partial charge on any atom is 0.534 e. The van der Waals surface area contributed by atoms with Gasteiger partial charge in [0.2, 0.25) is 0 Å². The van der Waals surface area contributed by atoms with Gasteiger partial charge in [0.05, 0.1) is 0 Å². The van der Waals surface area contributed by atoms with Crippen molar-refractivity contribution in [2.45, 2.75) is 18.7 Å². The van der Waals surface area contributed by atoms with Gasteiger partial charge in [0.15, 0.2) is 5.75 Å². The monoisotopic (exact) mass is 482 g/mol. The van der Waals surface area contributed by atoms with E-state index in [2.05, 4.69) is 4.18 Å². The van der Waals surface area contributed by atoms with Crippen molar-refractivity contribution < 1.29 is 45.1 Å². The number of carboxylic acids is 1. The summed E-state index contributed by atoms with van der Waals surface area (Å²) in [6.07, 6.45) is 0. The third kappa shape index (κ3) is 6.16. The van der Waals surface area contributed by atoms with Gasteiger partial charge in [-0.1, -0.05) is 60.7 Å². The zero-order chi connectivity index (χ0) is 24.1. The highest BCUT2D eigenvalue weighted by Gasteiger charge is 2.49. The second kappa shape index (κ2) is 9.82. The predicted molar refractivity (Wildman–Crippen MR) is 111 cm³/mol. The first-order chi connectivity index (χ1) is 15.6. The Morgan fingerprint density at radius 3 is 1.79 bits per heavy atom. The van der Waals surface area contributed by atoms with Gasteiger partial charge in [0, 0.05) is 12.1 Å². The summed E-state index contributed by atoms with van der Waals surface area (Å²) in [5, 5.41) is 9.57. The van der Waals surface area contributed by atoms with Gasteiger partial charge in [-0.3, -0.25) is 0 Å². The van der Waals surface area contributed by atoms with Crippen LogP contribution in [0.2, 0.25) is 0 Å². The van der Waals surface area contributed by atoms with Gasteiger partial charge in [-0.15, -0.1) is 0 Å². The number of hydrogen-bond acceptors (Lipinski definition) is 6. The molecule has 1 N–H and O–H groups in total. The van der Waals surface area contributed by atoms with Crippen LogP contribution in [0, 0.1) is 0 Å². The molecule has 3 aromatic carbocycles. The number of alkyl halides is 3. The van der Waals surface area contributed by atoms with E-state index in [1.165, 1.54) is 0 Å². The molecule has 0 spiro atoms. The Morgan fingerprint density at radius 2 is 1.30 bits per heavy atom. The lowest BCUT2D eigenvalue weighted by Crippen LogP contribution is -2.28. The summed E-state index contributed by atoms with van der Waals surface area (Å²) in [5.41, 5.74) is -5.33. The average molecular weight is 482 g/mol. The van der Waals surface area contributed by atoms with Gasteiger partial charge in [-0.25, -0.2) is 4.79 Å². The van der Waals surface area contributed by atoms with Crippen LogP contribution < -0.4 is 13.7 Å². The van der Waals surface area contributed by atoms with Crippen molar-refractivity contribution in [2.24, 2.45) is 0 Å². The topological polar surface area (TPSA) is 99.1 Å². The minimum atomic E-state index is -6.15. The maximum absolute atomic E-state index is 12.9. The Morgan fingerprint density at radius 1 is 0.818 bits per heavy atom. The second-order valence-electron chi connectivity index (χ2n) is 6.63. The molecule has 0 bridgehead atoms. The number of rotatable bonds is 9. The first-order valence-corrected chi connectivity index (χ1v) is 10.7. The standard InChI is InChI=1S/C22H17F3O7S/c23-22(24,25)33(28,29)32-19-12-17(30-13-15-7-3-1-4-8-15)11-18(20(19)21(26)27)31-14-16-9-5-2-6-10-16/h1-12H,13-14H2,(H,26,27). The third-order valence-corrected chi connectivity index (χ3v) is 5.19. The van der Waals surface area contributed by atoms with Crippen LogP contribution >= 0.6 is 0 Å². The highest BCUT2D eigenvalue weighted by Crippen LogP contribution is 2.38. The largest absolute Gasteiger partial charge is 0.534 e. The summed E-state index contributed by atoms with van der Waals surface area (Å²) in [7, 11) is -6.15. The number of halogens is 3. The third-order valence-electron chi connectivity index (χ3n) is 4.22. The van der Waals surface area contributed by atoms with Crippen molar-refractivity contribution in [3.63, 3.8) is 0 Å². The van der Waals surface area contributed by atoms with Gasteiger partial charge in [-0.2, -0.15) is 21.6 Å². The molecule has 0 aliphatic rings.